The van der Waals surface area contributed by atoms with Gasteiger partial charge in [-0.2, -0.15) is 5.10 Å². The van der Waals surface area contributed by atoms with E-state index in [4.69, 9.17) is 37.9 Å². The molecule has 1 N–H and O–H groups in total. The van der Waals surface area contributed by atoms with Gasteiger partial charge in [0.05, 0.1) is 29.5 Å². The summed E-state index contributed by atoms with van der Waals surface area (Å²) in [5, 5.41) is 9.03. The Hall–Kier alpha value is -2.83. The maximum Gasteiger partial charge on any atom is 0.197 e. The molecule has 0 fully saturated rings. The van der Waals surface area contributed by atoms with Gasteiger partial charge < -0.3 is 10.1 Å². The van der Waals surface area contributed by atoms with Gasteiger partial charge in [0.25, 0.3) is 0 Å². The molecule has 142 valence electrons. The van der Waals surface area contributed by atoms with Crippen LogP contribution in [0.1, 0.15) is 11.4 Å². The Bertz CT molecular complexity index is 1190. The molecule has 0 amide bonds. The Morgan fingerprint density at radius 1 is 0.929 bits per heavy atom. The summed E-state index contributed by atoms with van der Waals surface area (Å²) in [5.74, 6) is 1.73. The van der Waals surface area contributed by atoms with Crippen LogP contribution in [0.2, 0.25) is 10.0 Å². The van der Waals surface area contributed by atoms with E-state index < -0.39 is 0 Å². The van der Waals surface area contributed by atoms with Crippen molar-refractivity contribution in [2.75, 3.05) is 12.4 Å². The van der Waals surface area contributed by atoms with Crippen LogP contribution in [-0.2, 0) is 0 Å². The summed E-state index contributed by atoms with van der Waals surface area (Å²) in [4.78, 5) is 9.52. The van der Waals surface area contributed by atoms with Crippen LogP contribution in [0, 0.1) is 13.8 Å². The number of nitrogens with one attached hydrogen (secondary N) is 1. The molecular weight excluding hydrogens is 397 g/mol. The largest absolute Gasteiger partial charge is 0.495 e. The summed E-state index contributed by atoms with van der Waals surface area (Å²) in [6.45, 7) is 3.90. The van der Waals surface area contributed by atoms with E-state index in [0.29, 0.717) is 44.2 Å². The Morgan fingerprint density at radius 3 is 2.39 bits per heavy atom. The first-order chi connectivity index (χ1) is 13.4. The first-order valence-corrected chi connectivity index (χ1v) is 9.31. The highest BCUT2D eigenvalue weighted by Crippen LogP contribution is 2.32. The molecule has 0 aliphatic rings. The predicted octanol–water partition coefficient (Wildman–Crippen LogP) is 5.49. The van der Waals surface area contributed by atoms with Crippen molar-refractivity contribution >= 4 is 45.7 Å². The van der Waals surface area contributed by atoms with E-state index in [1.54, 1.807) is 42.1 Å². The molecule has 0 saturated carbocycles. The zero-order chi connectivity index (χ0) is 19.8. The maximum atomic E-state index is 6.17. The predicted molar refractivity (Wildman–Crippen MR) is 112 cm³/mol. The summed E-state index contributed by atoms with van der Waals surface area (Å²) < 4.78 is 7.19. The molecule has 2 aromatic carbocycles. The molecule has 0 atom stereocenters. The van der Waals surface area contributed by atoms with E-state index in [9.17, 15) is 0 Å². The van der Waals surface area contributed by atoms with Gasteiger partial charge in [-0.25, -0.2) is 14.6 Å². The second kappa shape index (κ2) is 7.30. The number of fused-ring (bicyclic) bond motifs is 1. The van der Waals surface area contributed by atoms with E-state index >= 15 is 0 Å². The van der Waals surface area contributed by atoms with Gasteiger partial charge in [0, 0.05) is 15.7 Å². The van der Waals surface area contributed by atoms with Crippen molar-refractivity contribution in [2.24, 2.45) is 0 Å². The van der Waals surface area contributed by atoms with Crippen LogP contribution in [0.4, 0.5) is 11.5 Å². The quantitative estimate of drug-likeness (QED) is 0.478. The molecular formula is C20H17Cl2N5O. The third-order valence-corrected chi connectivity index (χ3v) is 4.70. The third-order valence-electron chi connectivity index (χ3n) is 4.23. The number of ether oxygens (including phenoxy) is 1. The number of halogens is 2. The molecule has 0 radical (unpaired) electrons. The Balaban J connectivity index is 1.93. The topological polar surface area (TPSA) is 64.9 Å². The van der Waals surface area contributed by atoms with Crippen LogP contribution in [0.3, 0.4) is 0 Å². The standard InChI is InChI=1S/C20H17Cl2N5O/c1-11-8-12(2)27(26-11)20-19(23-15-6-4-13(21)9-16(15)25-20)24-17-10-14(22)5-7-18(17)28-3/h4-10H,1-3H3,(H,23,24). The molecule has 0 aliphatic heterocycles. The van der Waals surface area contributed by atoms with E-state index in [2.05, 4.69) is 10.4 Å². The summed E-state index contributed by atoms with van der Waals surface area (Å²) in [6, 6.07) is 12.7. The van der Waals surface area contributed by atoms with Gasteiger partial charge in [-0.3, -0.25) is 0 Å². The van der Waals surface area contributed by atoms with E-state index in [0.717, 1.165) is 11.4 Å². The van der Waals surface area contributed by atoms with Crippen molar-refractivity contribution < 1.29 is 4.74 Å². The zero-order valence-corrected chi connectivity index (χ0v) is 17.0. The van der Waals surface area contributed by atoms with Crippen LogP contribution in [0.25, 0.3) is 16.9 Å². The van der Waals surface area contributed by atoms with Gasteiger partial charge in [-0.15, -0.1) is 0 Å². The molecule has 28 heavy (non-hydrogen) atoms. The minimum absolute atomic E-state index is 0.529. The van der Waals surface area contributed by atoms with Crippen LogP contribution >= 0.6 is 23.2 Å². The summed E-state index contributed by atoms with van der Waals surface area (Å²) >= 11 is 12.3. The molecule has 0 bridgehead atoms. The Morgan fingerprint density at radius 2 is 1.68 bits per heavy atom. The fraction of sp³-hybridized carbons (Fsp3) is 0.150. The van der Waals surface area contributed by atoms with Gasteiger partial charge >= 0.3 is 0 Å². The number of hydrogen-bond donors (Lipinski definition) is 1. The molecule has 0 aliphatic carbocycles. The normalized spacial score (nSPS) is 11.0. The highest BCUT2D eigenvalue weighted by molar-refractivity contribution is 6.31. The minimum Gasteiger partial charge on any atom is -0.495 e. The van der Waals surface area contributed by atoms with Gasteiger partial charge in [0.1, 0.15) is 5.75 Å². The number of methoxy groups -OCH3 is 1. The lowest BCUT2D eigenvalue weighted by atomic mass is 10.2. The highest BCUT2D eigenvalue weighted by Gasteiger charge is 2.16. The van der Waals surface area contributed by atoms with Crippen LogP contribution in [0.5, 0.6) is 5.75 Å². The summed E-state index contributed by atoms with van der Waals surface area (Å²) in [7, 11) is 1.60. The molecule has 4 aromatic rings. The summed E-state index contributed by atoms with van der Waals surface area (Å²) in [5.41, 5.74) is 3.89. The Labute approximate surface area is 172 Å². The van der Waals surface area contributed by atoms with E-state index in [1.807, 2.05) is 26.0 Å². The number of benzene rings is 2. The van der Waals surface area contributed by atoms with E-state index in [-0.39, 0.29) is 0 Å². The number of nitrogens with zero attached hydrogens (tertiary/aromatic N) is 4. The highest BCUT2D eigenvalue weighted by atomic mass is 35.5. The number of anilines is 2. The van der Waals surface area contributed by atoms with Crippen LogP contribution in [-0.4, -0.2) is 26.9 Å². The van der Waals surface area contributed by atoms with Crippen molar-refractivity contribution in [3.8, 4) is 11.6 Å². The van der Waals surface area contributed by atoms with Crippen molar-refractivity contribution in [1.29, 1.82) is 0 Å². The van der Waals surface area contributed by atoms with Crippen LogP contribution < -0.4 is 10.1 Å². The van der Waals surface area contributed by atoms with Crippen LogP contribution in [0.15, 0.2) is 42.5 Å². The third kappa shape index (κ3) is 3.48. The molecule has 2 aromatic heterocycles. The first-order valence-electron chi connectivity index (χ1n) is 8.56. The smallest absolute Gasteiger partial charge is 0.197 e. The second-order valence-electron chi connectivity index (χ2n) is 6.34. The monoisotopic (exact) mass is 413 g/mol. The molecule has 6 nitrogen and oxygen atoms in total. The SMILES string of the molecule is COc1ccc(Cl)cc1Nc1nc2ccc(Cl)cc2nc1-n1nc(C)cc1C. The number of aryl methyl sites for hydroxylation is 2. The van der Waals surface area contributed by atoms with Crippen molar-refractivity contribution in [3.05, 3.63) is 63.9 Å². The van der Waals surface area contributed by atoms with E-state index in [1.165, 1.54) is 0 Å². The molecule has 8 heteroatoms. The number of hydrogen-bond acceptors (Lipinski definition) is 5. The number of aromatic nitrogens is 4. The van der Waals surface area contributed by atoms with Crippen molar-refractivity contribution in [2.45, 2.75) is 13.8 Å². The first kappa shape index (κ1) is 18.5. The average molecular weight is 414 g/mol. The molecule has 0 spiro atoms. The van der Waals surface area contributed by atoms with Gasteiger partial charge in [-0.05, 0) is 56.3 Å². The van der Waals surface area contributed by atoms with Gasteiger partial charge in [0.15, 0.2) is 11.6 Å². The fourth-order valence-corrected chi connectivity index (χ4v) is 3.34. The molecule has 0 unspecified atom stereocenters. The summed E-state index contributed by atoms with van der Waals surface area (Å²) in [6.07, 6.45) is 0. The maximum absolute atomic E-state index is 6.17. The average Bonchev–Trinajstić information content (AvgIpc) is 2.99. The fourth-order valence-electron chi connectivity index (χ4n) is 3.00. The van der Waals surface area contributed by atoms with Gasteiger partial charge in [-0.1, -0.05) is 23.2 Å². The van der Waals surface area contributed by atoms with Crippen molar-refractivity contribution in [1.82, 2.24) is 19.7 Å². The lowest BCUT2D eigenvalue weighted by Gasteiger charge is -2.15. The lowest BCUT2D eigenvalue weighted by molar-refractivity contribution is 0.417. The number of rotatable bonds is 4. The molecule has 2 heterocycles. The van der Waals surface area contributed by atoms with Gasteiger partial charge in [0.2, 0.25) is 0 Å². The second-order valence-corrected chi connectivity index (χ2v) is 7.21. The minimum atomic E-state index is 0.529. The molecule has 4 rings (SSSR count). The van der Waals surface area contributed by atoms with Crippen molar-refractivity contribution in [3.63, 3.8) is 0 Å². The molecule has 0 saturated heterocycles. The Kier molecular flexibility index (Phi) is 4.83. The lowest BCUT2D eigenvalue weighted by Crippen LogP contribution is -2.09. The zero-order valence-electron chi connectivity index (χ0n) is 15.5.